The van der Waals surface area contributed by atoms with Crippen molar-refractivity contribution in [1.29, 1.82) is 0 Å². The first-order valence-electron chi connectivity index (χ1n) is 10.0. The summed E-state index contributed by atoms with van der Waals surface area (Å²) in [7, 11) is 0. The smallest absolute Gasteiger partial charge is 0.0885 e. The standard InChI is InChI=1S/C21H41NO/c1-2-3-4-5-6-7-8-9-10-11-12-13-14-15-16-17-20-23-21-18-19-22/h15-17,20H,2-14,18-19,21-22H2,1H3. The molecule has 2 N–H and O–H groups in total. The van der Waals surface area contributed by atoms with Crippen molar-refractivity contribution in [3.05, 3.63) is 24.5 Å². The van der Waals surface area contributed by atoms with Crippen LogP contribution in [0.2, 0.25) is 0 Å². The van der Waals surface area contributed by atoms with Crippen LogP contribution in [0, 0.1) is 0 Å². The van der Waals surface area contributed by atoms with Crippen molar-refractivity contribution in [1.82, 2.24) is 0 Å². The fraction of sp³-hybridized carbons (Fsp3) is 0.810. The average Bonchev–Trinajstić information content (AvgIpc) is 2.57. The van der Waals surface area contributed by atoms with E-state index in [0.29, 0.717) is 6.54 Å². The SMILES string of the molecule is CCCCCCCCCCCCCCC=CC=COCCCN. The van der Waals surface area contributed by atoms with E-state index in [2.05, 4.69) is 19.1 Å². The highest BCUT2D eigenvalue weighted by atomic mass is 16.5. The summed E-state index contributed by atoms with van der Waals surface area (Å²) in [6.07, 6.45) is 27.1. The molecule has 23 heavy (non-hydrogen) atoms. The van der Waals surface area contributed by atoms with Crippen LogP contribution in [0.5, 0.6) is 0 Å². The van der Waals surface area contributed by atoms with Gasteiger partial charge in [-0.2, -0.15) is 0 Å². The Morgan fingerprint density at radius 1 is 0.696 bits per heavy atom. The van der Waals surface area contributed by atoms with Crippen molar-refractivity contribution >= 4 is 0 Å². The lowest BCUT2D eigenvalue weighted by molar-refractivity contribution is 0.247. The van der Waals surface area contributed by atoms with Crippen LogP contribution in [0.1, 0.15) is 96.8 Å². The van der Waals surface area contributed by atoms with E-state index in [1.165, 1.54) is 83.5 Å². The van der Waals surface area contributed by atoms with Gasteiger partial charge in [0.1, 0.15) is 0 Å². The van der Waals surface area contributed by atoms with Crippen LogP contribution in [0.15, 0.2) is 24.5 Å². The van der Waals surface area contributed by atoms with E-state index in [1.807, 2.05) is 6.08 Å². The normalized spacial score (nSPS) is 11.7. The number of unbranched alkanes of at least 4 members (excludes halogenated alkanes) is 12. The second-order valence-electron chi connectivity index (χ2n) is 6.45. The third-order valence-corrected chi connectivity index (χ3v) is 4.11. The van der Waals surface area contributed by atoms with Gasteiger partial charge in [-0.15, -0.1) is 0 Å². The van der Waals surface area contributed by atoms with Gasteiger partial charge in [0, 0.05) is 0 Å². The molecule has 0 amide bonds. The van der Waals surface area contributed by atoms with Gasteiger partial charge in [-0.05, 0) is 31.9 Å². The van der Waals surface area contributed by atoms with Crippen LogP contribution >= 0.6 is 0 Å². The van der Waals surface area contributed by atoms with Crippen molar-refractivity contribution in [2.24, 2.45) is 5.73 Å². The molecule has 0 saturated carbocycles. The highest BCUT2D eigenvalue weighted by molar-refractivity contribution is 4.99. The molecule has 0 bridgehead atoms. The maximum absolute atomic E-state index is 5.39. The van der Waals surface area contributed by atoms with Crippen LogP contribution in [-0.2, 0) is 4.74 Å². The third kappa shape index (κ3) is 21.2. The minimum absolute atomic E-state index is 0.697. The summed E-state index contributed by atoms with van der Waals surface area (Å²) in [6.45, 7) is 3.70. The monoisotopic (exact) mass is 323 g/mol. The number of rotatable bonds is 18. The van der Waals surface area contributed by atoms with Crippen molar-refractivity contribution < 1.29 is 4.74 Å². The lowest BCUT2D eigenvalue weighted by Gasteiger charge is -2.02. The van der Waals surface area contributed by atoms with Crippen LogP contribution in [0.4, 0.5) is 0 Å². The second-order valence-corrected chi connectivity index (χ2v) is 6.45. The predicted molar refractivity (Wildman–Crippen MR) is 104 cm³/mol. The molecular formula is C21H41NO. The van der Waals surface area contributed by atoms with Crippen LogP contribution in [0.3, 0.4) is 0 Å². The van der Waals surface area contributed by atoms with Gasteiger partial charge in [-0.3, -0.25) is 0 Å². The number of nitrogens with two attached hydrogens (primary N) is 1. The zero-order valence-corrected chi connectivity index (χ0v) is 15.6. The quantitative estimate of drug-likeness (QED) is 0.177. The molecule has 0 aromatic heterocycles. The van der Waals surface area contributed by atoms with Crippen LogP contribution in [-0.4, -0.2) is 13.2 Å². The Labute approximate surface area is 145 Å². The van der Waals surface area contributed by atoms with E-state index < -0.39 is 0 Å². The lowest BCUT2D eigenvalue weighted by Crippen LogP contribution is -2.01. The average molecular weight is 324 g/mol. The number of hydrogen-bond donors (Lipinski definition) is 1. The second kappa shape index (κ2) is 21.2. The molecule has 0 heterocycles. The molecule has 2 nitrogen and oxygen atoms in total. The molecule has 0 aromatic carbocycles. The third-order valence-electron chi connectivity index (χ3n) is 4.11. The first-order valence-corrected chi connectivity index (χ1v) is 10.0. The van der Waals surface area contributed by atoms with Gasteiger partial charge in [0.15, 0.2) is 0 Å². The number of ether oxygens (including phenoxy) is 1. The number of hydrogen-bond acceptors (Lipinski definition) is 2. The molecule has 0 spiro atoms. The van der Waals surface area contributed by atoms with Gasteiger partial charge in [-0.1, -0.05) is 89.7 Å². The fourth-order valence-corrected chi connectivity index (χ4v) is 2.61. The molecule has 0 aromatic rings. The number of allylic oxidation sites excluding steroid dienone is 3. The lowest BCUT2D eigenvalue weighted by atomic mass is 10.0. The Kier molecular flexibility index (Phi) is 20.5. The molecule has 0 unspecified atom stereocenters. The molecule has 0 aliphatic carbocycles. The maximum atomic E-state index is 5.39. The summed E-state index contributed by atoms with van der Waals surface area (Å²) in [4.78, 5) is 0. The molecule has 0 atom stereocenters. The summed E-state index contributed by atoms with van der Waals surface area (Å²) in [5, 5.41) is 0. The highest BCUT2D eigenvalue weighted by Gasteiger charge is 1.92. The summed E-state index contributed by atoms with van der Waals surface area (Å²) < 4.78 is 5.28. The Bertz CT molecular complexity index is 261. The van der Waals surface area contributed by atoms with Crippen molar-refractivity contribution in [3.8, 4) is 0 Å². The molecule has 2 heteroatoms. The molecule has 0 aliphatic rings. The minimum Gasteiger partial charge on any atom is -0.501 e. The van der Waals surface area contributed by atoms with E-state index in [-0.39, 0.29) is 0 Å². The Morgan fingerprint density at radius 3 is 1.83 bits per heavy atom. The highest BCUT2D eigenvalue weighted by Crippen LogP contribution is 2.12. The Balaban J connectivity index is 3.10. The van der Waals surface area contributed by atoms with E-state index >= 15 is 0 Å². The van der Waals surface area contributed by atoms with Gasteiger partial charge in [0.2, 0.25) is 0 Å². The molecule has 136 valence electrons. The minimum atomic E-state index is 0.697. The van der Waals surface area contributed by atoms with E-state index in [0.717, 1.165) is 13.0 Å². The van der Waals surface area contributed by atoms with Gasteiger partial charge < -0.3 is 10.5 Å². The molecule has 0 fully saturated rings. The van der Waals surface area contributed by atoms with E-state index in [1.54, 1.807) is 6.26 Å². The van der Waals surface area contributed by atoms with Crippen LogP contribution in [0.25, 0.3) is 0 Å². The summed E-state index contributed by atoms with van der Waals surface area (Å²) in [5.41, 5.74) is 5.39. The van der Waals surface area contributed by atoms with Gasteiger partial charge in [-0.25, -0.2) is 0 Å². The zero-order valence-electron chi connectivity index (χ0n) is 15.6. The Hall–Kier alpha value is -0.760. The predicted octanol–water partition coefficient (Wildman–Crippen LogP) is 6.51. The fourth-order valence-electron chi connectivity index (χ4n) is 2.61. The van der Waals surface area contributed by atoms with Gasteiger partial charge in [0.05, 0.1) is 12.9 Å². The molecular weight excluding hydrogens is 282 g/mol. The topological polar surface area (TPSA) is 35.2 Å². The van der Waals surface area contributed by atoms with Gasteiger partial charge in [0.25, 0.3) is 0 Å². The Morgan fingerprint density at radius 2 is 1.26 bits per heavy atom. The van der Waals surface area contributed by atoms with Crippen molar-refractivity contribution in [2.45, 2.75) is 96.8 Å². The first-order chi connectivity index (χ1) is 11.4. The zero-order chi connectivity index (χ0) is 16.8. The largest absolute Gasteiger partial charge is 0.501 e. The van der Waals surface area contributed by atoms with Crippen molar-refractivity contribution in [3.63, 3.8) is 0 Å². The van der Waals surface area contributed by atoms with Crippen molar-refractivity contribution in [2.75, 3.05) is 13.2 Å². The summed E-state index contributed by atoms with van der Waals surface area (Å²) in [5.74, 6) is 0. The van der Waals surface area contributed by atoms with Gasteiger partial charge >= 0.3 is 0 Å². The molecule has 0 rings (SSSR count). The molecule has 0 radical (unpaired) electrons. The molecule has 0 saturated heterocycles. The maximum Gasteiger partial charge on any atom is 0.0885 e. The van der Waals surface area contributed by atoms with E-state index in [4.69, 9.17) is 10.5 Å². The summed E-state index contributed by atoms with van der Waals surface area (Å²) in [6, 6.07) is 0. The van der Waals surface area contributed by atoms with E-state index in [9.17, 15) is 0 Å². The molecule has 0 aliphatic heterocycles. The first kappa shape index (κ1) is 22.2. The summed E-state index contributed by atoms with van der Waals surface area (Å²) >= 11 is 0. The van der Waals surface area contributed by atoms with Crippen LogP contribution < -0.4 is 5.73 Å².